The first kappa shape index (κ1) is 12.9. The number of carboxylic acids is 1. The first-order valence-electron chi connectivity index (χ1n) is 5.99. The van der Waals surface area contributed by atoms with Gasteiger partial charge in [-0.15, -0.1) is 0 Å². The molecule has 1 aromatic carbocycles. The average Bonchev–Trinajstić information content (AvgIpc) is 2.85. The minimum Gasteiger partial charge on any atom is -0.478 e. The molecule has 0 unspecified atom stereocenters. The van der Waals surface area contributed by atoms with Gasteiger partial charge in [0.15, 0.2) is 0 Å². The summed E-state index contributed by atoms with van der Waals surface area (Å²) in [5.74, 6) is -1.11. The molecule has 2 heterocycles. The molecule has 3 rings (SSSR count). The van der Waals surface area contributed by atoms with E-state index in [1.165, 1.54) is 33.6 Å². The Labute approximate surface area is 116 Å². The van der Waals surface area contributed by atoms with Crippen molar-refractivity contribution in [1.29, 1.82) is 0 Å². The summed E-state index contributed by atoms with van der Waals surface area (Å²) in [6.45, 7) is 0. The van der Waals surface area contributed by atoms with Gasteiger partial charge in [-0.05, 0) is 18.2 Å². The summed E-state index contributed by atoms with van der Waals surface area (Å²) in [5.41, 5.74) is -0.454. The second-order valence-electron chi connectivity index (χ2n) is 4.50. The second-order valence-corrected chi connectivity index (χ2v) is 4.50. The highest BCUT2D eigenvalue weighted by Crippen LogP contribution is 2.15. The summed E-state index contributed by atoms with van der Waals surface area (Å²) in [6.07, 6.45) is 3.04. The third-order valence-electron chi connectivity index (χ3n) is 3.08. The van der Waals surface area contributed by atoms with Gasteiger partial charge in [0.1, 0.15) is 0 Å². The monoisotopic (exact) mass is 286 g/mol. The first-order valence-corrected chi connectivity index (χ1v) is 5.99. The van der Waals surface area contributed by atoms with Crippen LogP contribution in [0.15, 0.2) is 40.2 Å². The van der Waals surface area contributed by atoms with Gasteiger partial charge in [0.25, 0.3) is 0 Å². The van der Waals surface area contributed by atoms with Crippen LogP contribution in [0.3, 0.4) is 0 Å². The van der Waals surface area contributed by atoms with Crippen LogP contribution in [0.4, 0.5) is 0 Å². The molecule has 0 spiro atoms. The molecule has 0 radical (unpaired) electrons. The molecule has 0 atom stereocenters. The normalized spacial score (nSPS) is 10.9. The maximum absolute atomic E-state index is 12.1. The topological polar surface area (TPSA) is 110 Å². The Morgan fingerprint density at radius 2 is 2.10 bits per heavy atom. The van der Waals surface area contributed by atoms with Gasteiger partial charge in [-0.1, -0.05) is 0 Å². The molecule has 0 saturated heterocycles. The number of benzene rings is 1. The molecule has 0 saturated carbocycles. The number of hydrogen-bond donors (Lipinski definition) is 2. The zero-order valence-corrected chi connectivity index (χ0v) is 10.9. The van der Waals surface area contributed by atoms with Gasteiger partial charge in [0, 0.05) is 13.2 Å². The summed E-state index contributed by atoms with van der Waals surface area (Å²) in [4.78, 5) is 37.2. The van der Waals surface area contributed by atoms with Crippen LogP contribution in [0.25, 0.3) is 16.7 Å². The van der Waals surface area contributed by atoms with Gasteiger partial charge in [-0.25, -0.2) is 4.79 Å². The van der Waals surface area contributed by atoms with E-state index in [4.69, 9.17) is 5.11 Å². The van der Waals surface area contributed by atoms with Crippen LogP contribution in [-0.2, 0) is 7.05 Å². The van der Waals surface area contributed by atoms with Crippen molar-refractivity contribution in [2.45, 2.75) is 0 Å². The minimum atomic E-state index is -1.11. The van der Waals surface area contributed by atoms with Crippen molar-refractivity contribution in [2.24, 2.45) is 7.05 Å². The van der Waals surface area contributed by atoms with Crippen molar-refractivity contribution in [1.82, 2.24) is 19.3 Å². The number of carbonyl (C=O) groups is 1. The molecule has 8 heteroatoms. The van der Waals surface area contributed by atoms with E-state index in [1.807, 2.05) is 0 Å². The number of carboxylic acid groups (broad SMARTS) is 1. The number of H-pyrrole nitrogens is 1. The predicted octanol–water partition coefficient (Wildman–Crippen LogP) is 0.111. The Hall–Kier alpha value is -3.16. The van der Waals surface area contributed by atoms with Gasteiger partial charge in [-0.3, -0.25) is 18.8 Å². The van der Waals surface area contributed by atoms with Crippen LogP contribution in [0, 0.1) is 0 Å². The van der Waals surface area contributed by atoms with Crippen molar-refractivity contribution in [3.8, 4) is 5.69 Å². The smallest absolute Gasteiger partial charge is 0.335 e. The Morgan fingerprint density at radius 3 is 2.71 bits per heavy atom. The van der Waals surface area contributed by atoms with E-state index in [0.717, 1.165) is 0 Å². The van der Waals surface area contributed by atoms with E-state index in [0.29, 0.717) is 11.2 Å². The second kappa shape index (κ2) is 4.44. The van der Waals surface area contributed by atoms with E-state index >= 15 is 0 Å². The maximum Gasteiger partial charge on any atom is 0.335 e. The lowest BCUT2D eigenvalue weighted by molar-refractivity contribution is 0.0697. The third kappa shape index (κ3) is 2.02. The number of aryl methyl sites for hydroxylation is 1. The molecule has 8 nitrogen and oxygen atoms in total. The Kier molecular flexibility index (Phi) is 2.72. The maximum atomic E-state index is 12.1. The largest absolute Gasteiger partial charge is 0.478 e. The molecule has 0 amide bonds. The fourth-order valence-corrected chi connectivity index (χ4v) is 2.13. The highest BCUT2D eigenvalue weighted by molar-refractivity contribution is 5.92. The fourth-order valence-electron chi connectivity index (χ4n) is 2.13. The van der Waals surface area contributed by atoms with Gasteiger partial charge in [0.05, 0.1) is 28.5 Å². The number of nitrogens with one attached hydrogen (secondary N) is 1. The van der Waals surface area contributed by atoms with Gasteiger partial charge in [-0.2, -0.15) is 5.10 Å². The first-order chi connectivity index (χ1) is 9.97. The Morgan fingerprint density at radius 1 is 1.33 bits per heavy atom. The van der Waals surface area contributed by atoms with Crippen LogP contribution in [-0.4, -0.2) is 30.4 Å². The van der Waals surface area contributed by atoms with Crippen LogP contribution < -0.4 is 11.1 Å². The number of fused-ring (bicyclic) bond motifs is 1. The number of rotatable bonds is 2. The molecular formula is C13H10N4O4. The molecule has 106 valence electrons. The van der Waals surface area contributed by atoms with Crippen molar-refractivity contribution < 1.29 is 9.90 Å². The number of hydrogen-bond acceptors (Lipinski definition) is 4. The highest BCUT2D eigenvalue weighted by atomic mass is 16.4. The lowest BCUT2D eigenvalue weighted by Gasteiger charge is -2.07. The van der Waals surface area contributed by atoms with Gasteiger partial charge >= 0.3 is 17.1 Å². The average molecular weight is 286 g/mol. The highest BCUT2D eigenvalue weighted by Gasteiger charge is 2.12. The molecule has 0 aliphatic heterocycles. The zero-order valence-electron chi connectivity index (χ0n) is 10.9. The van der Waals surface area contributed by atoms with Crippen molar-refractivity contribution in [3.05, 3.63) is 56.9 Å². The molecule has 2 aromatic heterocycles. The van der Waals surface area contributed by atoms with Crippen LogP contribution in [0.5, 0.6) is 0 Å². The zero-order chi connectivity index (χ0) is 15.1. The van der Waals surface area contributed by atoms with E-state index in [-0.39, 0.29) is 11.1 Å². The summed E-state index contributed by atoms with van der Waals surface area (Å²) >= 11 is 0. The quantitative estimate of drug-likeness (QED) is 0.650. The van der Waals surface area contributed by atoms with Crippen LogP contribution in [0.2, 0.25) is 0 Å². The Bertz CT molecular complexity index is 980. The number of aromatic carboxylic acids is 1. The van der Waals surface area contributed by atoms with Gasteiger partial charge in [0.2, 0.25) is 0 Å². The van der Waals surface area contributed by atoms with Crippen molar-refractivity contribution in [2.75, 3.05) is 0 Å². The fraction of sp³-hybridized carbons (Fsp3) is 0.0769. The third-order valence-corrected chi connectivity index (χ3v) is 3.08. The molecule has 21 heavy (non-hydrogen) atoms. The minimum absolute atomic E-state index is 0.0227. The summed E-state index contributed by atoms with van der Waals surface area (Å²) in [6, 6.07) is 4.16. The van der Waals surface area contributed by atoms with E-state index in [9.17, 15) is 14.4 Å². The lowest BCUT2D eigenvalue weighted by atomic mass is 10.2. The van der Waals surface area contributed by atoms with Crippen LogP contribution in [0.1, 0.15) is 10.4 Å². The van der Waals surface area contributed by atoms with Crippen LogP contribution >= 0.6 is 0 Å². The molecule has 0 aliphatic rings. The predicted molar refractivity (Wildman–Crippen MR) is 73.9 cm³/mol. The van der Waals surface area contributed by atoms with E-state index in [1.54, 1.807) is 13.2 Å². The lowest BCUT2D eigenvalue weighted by Crippen LogP contribution is -2.35. The summed E-state index contributed by atoms with van der Waals surface area (Å²) in [5, 5.41) is 13.0. The number of nitrogens with zero attached hydrogens (tertiary/aromatic N) is 3. The van der Waals surface area contributed by atoms with Gasteiger partial charge < -0.3 is 10.1 Å². The number of aromatic nitrogens is 4. The Balaban J connectivity index is 2.42. The summed E-state index contributed by atoms with van der Waals surface area (Å²) in [7, 11) is 1.69. The SMILES string of the molecule is Cn1cc(-n2c(=O)c(=O)[nH]c3cc(C(=O)O)ccc32)cn1. The van der Waals surface area contributed by atoms with E-state index < -0.39 is 17.1 Å². The van der Waals surface area contributed by atoms with Crippen molar-refractivity contribution in [3.63, 3.8) is 0 Å². The standard InChI is InChI=1S/C13H10N4O4/c1-16-6-8(5-14-16)17-10-3-2-7(13(20)21)4-9(10)15-11(18)12(17)19/h2-6H,1H3,(H,15,18)(H,20,21). The molecular weight excluding hydrogens is 276 g/mol. The van der Waals surface area contributed by atoms with E-state index in [2.05, 4.69) is 10.1 Å². The molecule has 3 aromatic rings. The molecule has 0 bridgehead atoms. The molecule has 0 fully saturated rings. The summed E-state index contributed by atoms with van der Waals surface area (Å²) < 4.78 is 2.70. The molecule has 2 N–H and O–H groups in total. The molecule has 0 aliphatic carbocycles. The number of aromatic amines is 1. The van der Waals surface area contributed by atoms with Crippen molar-refractivity contribution >= 4 is 17.0 Å².